The molecule has 0 unspecified atom stereocenters. The molecule has 0 atom stereocenters. The van der Waals surface area contributed by atoms with Crippen molar-refractivity contribution in [1.29, 1.82) is 0 Å². The lowest BCUT2D eigenvalue weighted by Crippen LogP contribution is -2.55. The van der Waals surface area contributed by atoms with Crippen molar-refractivity contribution < 1.29 is 14.3 Å². The highest BCUT2D eigenvalue weighted by molar-refractivity contribution is 5.81. The van der Waals surface area contributed by atoms with E-state index in [2.05, 4.69) is 11.9 Å². The second kappa shape index (κ2) is 5.50. The number of carbonyl (C=O) groups is 2. The van der Waals surface area contributed by atoms with Gasteiger partial charge in [-0.1, -0.05) is 0 Å². The van der Waals surface area contributed by atoms with Crippen LogP contribution < -0.4 is 0 Å². The molecule has 1 fully saturated rings. The maximum Gasteiger partial charge on any atom is 0.410 e. The Balaban J connectivity index is 1.66. The zero-order chi connectivity index (χ0) is 17.7. The van der Waals surface area contributed by atoms with Gasteiger partial charge in [-0.2, -0.15) is 0 Å². The summed E-state index contributed by atoms with van der Waals surface area (Å²) >= 11 is 0. The maximum atomic E-state index is 12.7. The quantitative estimate of drug-likeness (QED) is 0.792. The van der Waals surface area contributed by atoms with E-state index in [0.717, 1.165) is 24.4 Å². The smallest absolute Gasteiger partial charge is 0.410 e. The Morgan fingerprint density at radius 3 is 2.46 bits per heavy atom. The molecule has 1 aromatic heterocycles. The first-order valence-electron chi connectivity index (χ1n) is 8.44. The molecule has 0 radical (unpaired) electrons. The van der Waals surface area contributed by atoms with Gasteiger partial charge in [0.1, 0.15) is 11.4 Å². The van der Waals surface area contributed by atoms with Crippen molar-refractivity contribution in [3.8, 4) is 0 Å². The first-order chi connectivity index (χ1) is 11.1. The number of hydrogen-bond donors (Lipinski definition) is 0. The number of hydrogen-bond acceptors (Lipinski definition) is 4. The highest BCUT2D eigenvalue weighted by Gasteiger charge is 2.44. The molecule has 3 rings (SSSR count). The summed E-state index contributed by atoms with van der Waals surface area (Å²) in [6.45, 7) is 11.3. The van der Waals surface area contributed by atoms with Crippen molar-refractivity contribution in [3.05, 3.63) is 17.7 Å². The van der Waals surface area contributed by atoms with Gasteiger partial charge in [0.2, 0.25) is 0 Å². The first-order valence-corrected chi connectivity index (χ1v) is 8.44. The molecule has 1 saturated heterocycles. The molecule has 0 aliphatic carbocycles. The van der Waals surface area contributed by atoms with Crippen LogP contribution in [0.5, 0.6) is 0 Å². The summed E-state index contributed by atoms with van der Waals surface area (Å²) in [7, 11) is 0. The number of aryl methyl sites for hydroxylation is 1. The van der Waals surface area contributed by atoms with E-state index in [1.807, 2.05) is 32.6 Å². The van der Waals surface area contributed by atoms with Crippen LogP contribution in [0.1, 0.15) is 52.1 Å². The fourth-order valence-electron chi connectivity index (χ4n) is 3.40. The molecular formula is C17H26N4O3. The average molecular weight is 334 g/mol. The maximum absolute atomic E-state index is 12.7. The van der Waals surface area contributed by atoms with E-state index >= 15 is 0 Å². The lowest BCUT2D eigenvalue weighted by Gasteiger charge is -2.44. The Kier molecular flexibility index (Phi) is 3.85. The minimum absolute atomic E-state index is 0.00628. The number of carbonyl (C=O) groups excluding carboxylic acids is 2. The van der Waals surface area contributed by atoms with Crippen LogP contribution >= 0.6 is 0 Å². The molecule has 0 saturated carbocycles. The predicted octanol–water partition coefficient (Wildman–Crippen LogP) is 2.76. The van der Waals surface area contributed by atoms with Crippen LogP contribution in [0, 0.1) is 6.92 Å². The second-order valence-electron chi connectivity index (χ2n) is 7.97. The molecule has 0 bridgehead atoms. The fourth-order valence-corrected chi connectivity index (χ4v) is 3.40. The van der Waals surface area contributed by atoms with Gasteiger partial charge in [0.15, 0.2) is 0 Å². The number of piperidine rings is 1. The molecule has 24 heavy (non-hydrogen) atoms. The minimum Gasteiger partial charge on any atom is -0.444 e. The van der Waals surface area contributed by atoms with Crippen LogP contribution in [0.4, 0.5) is 9.59 Å². The van der Waals surface area contributed by atoms with Crippen molar-refractivity contribution in [2.45, 2.75) is 65.1 Å². The van der Waals surface area contributed by atoms with Crippen molar-refractivity contribution >= 4 is 12.1 Å². The van der Waals surface area contributed by atoms with Crippen molar-refractivity contribution in [3.63, 3.8) is 0 Å². The Hall–Kier alpha value is -2.05. The van der Waals surface area contributed by atoms with Gasteiger partial charge in [-0.15, -0.1) is 0 Å². The van der Waals surface area contributed by atoms with E-state index in [-0.39, 0.29) is 17.7 Å². The number of amides is 2. The highest BCUT2D eigenvalue weighted by Crippen LogP contribution is 2.34. The van der Waals surface area contributed by atoms with Gasteiger partial charge in [-0.3, -0.25) is 4.57 Å². The zero-order valence-corrected chi connectivity index (χ0v) is 15.1. The molecular weight excluding hydrogens is 308 g/mol. The van der Waals surface area contributed by atoms with Crippen LogP contribution in [0.3, 0.4) is 0 Å². The van der Waals surface area contributed by atoms with Gasteiger partial charge in [0.25, 0.3) is 0 Å². The van der Waals surface area contributed by atoms with Crippen LogP contribution in [-0.4, -0.2) is 55.7 Å². The van der Waals surface area contributed by atoms with Gasteiger partial charge < -0.3 is 14.5 Å². The minimum atomic E-state index is -0.489. The number of rotatable bonds is 1. The Morgan fingerprint density at radius 1 is 1.29 bits per heavy atom. The Bertz CT molecular complexity index is 666. The third kappa shape index (κ3) is 2.87. The predicted molar refractivity (Wildman–Crippen MR) is 88.7 cm³/mol. The molecule has 7 nitrogen and oxygen atoms in total. The molecule has 0 spiro atoms. The number of nitrogens with zero attached hydrogens (tertiary/aromatic N) is 4. The third-order valence-electron chi connectivity index (χ3n) is 4.90. The number of ether oxygens (including phenoxy) is 1. The summed E-state index contributed by atoms with van der Waals surface area (Å²) in [5.74, 6) is 0.729. The summed E-state index contributed by atoms with van der Waals surface area (Å²) in [4.78, 5) is 32.8. The van der Waals surface area contributed by atoms with Gasteiger partial charge in [-0.05, 0) is 47.5 Å². The van der Waals surface area contributed by atoms with Crippen LogP contribution in [-0.2, 0) is 11.3 Å². The van der Waals surface area contributed by atoms with E-state index in [9.17, 15) is 9.59 Å². The molecule has 7 heteroatoms. The molecule has 2 amide bonds. The topological polar surface area (TPSA) is 67.7 Å². The van der Waals surface area contributed by atoms with Gasteiger partial charge in [0.05, 0.1) is 18.4 Å². The summed E-state index contributed by atoms with van der Waals surface area (Å²) in [5, 5.41) is 0. The number of likely N-dealkylation sites (tertiary alicyclic amines) is 1. The first kappa shape index (κ1) is 16.8. The highest BCUT2D eigenvalue weighted by atomic mass is 16.6. The normalized spacial score (nSPS) is 20.3. The summed E-state index contributed by atoms with van der Waals surface area (Å²) in [6.07, 6.45) is 2.99. The molecule has 1 aromatic rings. The fraction of sp³-hybridized carbons (Fsp3) is 0.706. The number of fused-ring (bicyclic) bond motifs is 1. The van der Waals surface area contributed by atoms with Gasteiger partial charge in [-0.25, -0.2) is 14.6 Å². The summed E-state index contributed by atoms with van der Waals surface area (Å²) in [5.41, 5.74) is 0.200. The van der Waals surface area contributed by atoms with E-state index < -0.39 is 5.60 Å². The van der Waals surface area contributed by atoms with Crippen molar-refractivity contribution in [1.82, 2.24) is 19.4 Å². The molecule has 2 aliphatic heterocycles. The third-order valence-corrected chi connectivity index (χ3v) is 4.90. The lowest BCUT2D eigenvalue weighted by atomic mass is 9.88. The average Bonchev–Trinajstić information content (AvgIpc) is 2.99. The van der Waals surface area contributed by atoms with Crippen LogP contribution in [0.2, 0.25) is 0 Å². The monoisotopic (exact) mass is 334 g/mol. The SMILES string of the molecule is Cc1ncc2n1C(=O)N(C1(C)CCN(C(=O)OC(C)(C)C)CC1)C2. The van der Waals surface area contributed by atoms with Crippen LogP contribution in [0.15, 0.2) is 6.20 Å². The van der Waals surface area contributed by atoms with Crippen LogP contribution in [0.25, 0.3) is 0 Å². The number of imidazole rings is 1. The molecule has 3 heterocycles. The van der Waals surface area contributed by atoms with E-state index in [1.165, 1.54) is 0 Å². The molecule has 0 aromatic carbocycles. The summed E-state index contributed by atoms with van der Waals surface area (Å²) < 4.78 is 7.13. The van der Waals surface area contributed by atoms with Crippen molar-refractivity contribution in [2.24, 2.45) is 0 Å². The Morgan fingerprint density at radius 2 is 1.92 bits per heavy atom. The molecule has 2 aliphatic rings. The van der Waals surface area contributed by atoms with Gasteiger partial charge >= 0.3 is 12.1 Å². The van der Waals surface area contributed by atoms with Gasteiger partial charge in [0, 0.05) is 18.6 Å². The largest absolute Gasteiger partial charge is 0.444 e. The molecule has 132 valence electrons. The van der Waals surface area contributed by atoms with E-state index in [1.54, 1.807) is 15.7 Å². The lowest BCUT2D eigenvalue weighted by molar-refractivity contribution is 0.00618. The second-order valence-corrected chi connectivity index (χ2v) is 7.97. The zero-order valence-electron chi connectivity index (χ0n) is 15.1. The molecule has 0 N–H and O–H groups in total. The van der Waals surface area contributed by atoms with E-state index in [4.69, 9.17) is 4.74 Å². The van der Waals surface area contributed by atoms with Crippen molar-refractivity contribution in [2.75, 3.05) is 13.1 Å². The standard InChI is InChI=1S/C17H26N4O3/c1-12-18-10-13-11-20(14(22)21(12)13)17(5)6-8-19(9-7-17)15(23)24-16(2,3)4/h10H,6-9,11H2,1-5H3. The number of aromatic nitrogens is 2. The summed E-state index contributed by atoms with van der Waals surface area (Å²) in [6, 6.07) is -0.00628. The van der Waals surface area contributed by atoms with E-state index in [0.29, 0.717) is 19.6 Å². The Labute approximate surface area is 142 Å².